The first-order chi connectivity index (χ1) is 9.02. The minimum Gasteiger partial charge on any atom is -0.271 e. The van der Waals surface area contributed by atoms with Crippen LogP contribution in [0.15, 0.2) is 0 Å². The topological polar surface area (TPSA) is 72.2 Å². The number of hydrazine groups is 1. The average molecular weight is 306 g/mol. The molecule has 2 aliphatic rings. The van der Waals surface area contributed by atoms with Crippen molar-refractivity contribution in [3.8, 4) is 0 Å². The van der Waals surface area contributed by atoms with Gasteiger partial charge < -0.3 is 0 Å². The fraction of sp³-hybridized carbons (Fsp3) is 1.00. The Hall–Kier alpha value is 0.220. The summed E-state index contributed by atoms with van der Waals surface area (Å²) in [5.41, 5.74) is 3.00. The van der Waals surface area contributed by atoms with Crippen molar-refractivity contribution in [1.82, 2.24) is 5.43 Å². The van der Waals surface area contributed by atoms with Crippen molar-refractivity contribution >= 4 is 21.6 Å². The summed E-state index contributed by atoms with van der Waals surface area (Å²) in [5.74, 6) is 7.40. The SMILES string of the molecule is CS(=O)(=O)C1CCCC(C(NN)C2CCCCS2)C1. The molecular formula is C13H26N2O2S2. The van der Waals surface area contributed by atoms with Gasteiger partial charge in [0.2, 0.25) is 0 Å². The Morgan fingerprint density at radius 2 is 2.00 bits per heavy atom. The maximum absolute atomic E-state index is 11.8. The smallest absolute Gasteiger partial charge is 0.150 e. The third-order valence-corrected chi connectivity index (χ3v) is 7.71. The van der Waals surface area contributed by atoms with E-state index in [-0.39, 0.29) is 11.3 Å². The molecule has 0 radical (unpaired) electrons. The zero-order valence-electron chi connectivity index (χ0n) is 11.7. The van der Waals surface area contributed by atoms with E-state index in [1.54, 1.807) is 0 Å². The predicted molar refractivity (Wildman–Crippen MR) is 81.8 cm³/mol. The van der Waals surface area contributed by atoms with Gasteiger partial charge >= 0.3 is 0 Å². The lowest BCUT2D eigenvalue weighted by molar-refractivity contribution is 0.260. The fourth-order valence-corrected chi connectivity index (χ4v) is 6.20. The highest BCUT2D eigenvalue weighted by molar-refractivity contribution is 8.00. The molecule has 112 valence electrons. The van der Waals surface area contributed by atoms with Crippen molar-refractivity contribution in [1.29, 1.82) is 0 Å². The largest absolute Gasteiger partial charge is 0.271 e. The first-order valence-corrected chi connectivity index (χ1v) is 10.3. The Balaban J connectivity index is 2.01. The van der Waals surface area contributed by atoms with Gasteiger partial charge in [0.25, 0.3) is 0 Å². The summed E-state index contributed by atoms with van der Waals surface area (Å²) in [5, 5.41) is 0.401. The van der Waals surface area contributed by atoms with E-state index in [0.717, 1.165) is 25.7 Å². The van der Waals surface area contributed by atoms with E-state index in [2.05, 4.69) is 5.43 Å². The van der Waals surface area contributed by atoms with Gasteiger partial charge in [0.05, 0.1) is 5.25 Å². The van der Waals surface area contributed by atoms with Crippen molar-refractivity contribution in [3.63, 3.8) is 0 Å². The van der Waals surface area contributed by atoms with E-state index in [0.29, 0.717) is 11.2 Å². The number of sulfone groups is 1. The van der Waals surface area contributed by atoms with E-state index < -0.39 is 9.84 Å². The molecule has 1 saturated carbocycles. The molecular weight excluding hydrogens is 280 g/mol. The molecule has 6 heteroatoms. The molecule has 2 rings (SSSR count). The number of hydrogen-bond acceptors (Lipinski definition) is 5. The molecule has 3 N–H and O–H groups in total. The number of thioether (sulfide) groups is 1. The molecule has 1 heterocycles. The van der Waals surface area contributed by atoms with Crippen LogP contribution >= 0.6 is 11.8 Å². The molecule has 1 aliphatic heterocycles. The molecule has 4 unspecified atom stereocenters. The normalized spacial score (nSPS) is 34.9. The van der Waals surface area contributed by atoms with Gasteiger partial charge in [-0.3, -0.25) is 11.3 Å². The van der Waals surface area contributed by atoms with Gasteiger partial charge in [-0.25, -0.2) is 8.42 Å². The molecule has 0 bridgehead atoms. The Kier molecular flexibility index (Phi) is 5.57. The van der Waals surface area contributed by atoms with Crippen molar-refractivity contribution in [3.05, 3.63) is 0 Å². The molecule has 4 atom stereocenters. The zero-order chi connectivity index (χ0) is 13.9. The van der Waals surface area contributed by atoms with Crippen LogP contribution in [0.2, 0.25) is 0 Å². The summed E-state index contributed by atoms with van der Waals surface area (Å²) >= 11 is 2.01. The highest BCUT2D eigenvalue weighted by Gasteiger charge is 2.36. The third-order valence-electron chi connectivity index (χ3n) is 4.59. The summed E-state index contributed by atoms with van der Waals surface area (Å²) in [6, 6.07) is 0.273. The van der Waals surface area contributed by atoms with Gasteiger partial charge in [-0.1, -0.05) is 12.8 Å². The van der Waals surface area contributed by atoms with Gasteiger partial charge in [-0.2, -0.15) is 11.8 Å². The van der Waals surface area contributed by atoms with E-state index in [4.69, 9.17) is 5.84 Å². The first-order valence-electron chi connectivity index (χ1n) is 7.29. The first kappa shape index (κ1) is 15.6. The lowest BCUT2D eigenvalue weighted by Gasteiger charge is -2.38. The van der Waals surface area contributed by atoms with Crippen molar-refractivity contribution < 1.29 is 8.42 Å². The Bertz CT molecular complexity index is 380. The van der Waals surface area contributed by atoms with Crippen molar-refractivity contribution in [2.45, 2.75) is 61.5 Å². The van der Waals surface area contributed by atoms with Gasteiger partial charge in [0, 0.05) is 17.5 Å². The monoisotopic (exact) mass is 306 g/mol. The summed E-state index contributed by atoms with van der Waals surface area (Å²) in [6.07, 6.45) is 8.89. The van der Waals surface area contributed by atoms with Crippen LogP contribution in [0.1, 0.15) is 44.9 Å². The molecule has 2 fully saturated rings. The van der Waals surface area contributed by atoms with Gasteiger partial charge in [-0.05, 0) is 43.8 Å². The number of hydrogen-bond donors (Lipinski definition) is 2. The highest BCUT2D eigenvalue weighted by atomic mass is 32.2. The molecule has 1 aliphatic carbocycles. The second-order valence-corrected chi connectivity index (χ2v) is 9.65. The van der Waals surface area contributed by atoms with E-state index >= 15 is 0 Å². The molecule has 0 aromatic carbocycles. The van der Waals surface area contributed by atoms with Crippen molar-refractivity contribution in [2.24, 2.45) is 11.8 Å². The maximum atomic E-state index is 11.8. The van der Waals surface area contributed by atoms with Gasteiger partial charge in [0.15, 0.2) is 0 Å². The third kappa shape index (κ3) is 4.09. The van der Waals surface area contributed by atoms with Crippen LogP contribution in [0.4, 0.5) is 0 Å². The molecule has 0 aromatic heterocycles. The number of nitrogens with two attached hydrogens (primary N) is 1. The number of nitrogens with one attached hydrogen (secondary N) is 1. The van der Waals surface area contributed by atoms with Crippen LogP contribution in [0, 0.1) is 5.92 Å². The van der Waals surface area contributed by atoms with E-state index in [1.807, 2.05) is 11.8 Å². The summed E-state index contributed by atoms with van der Waals surface area (Å²) < 4.78 is 23.5. The summed E-state index contributed by atoms with van der Waals surface area (Å²) in [7, 11) is -2.91. The molecule has 1 saturated heterocycles. The molecule has 0 aromatic rings. The molecule has 0 spiro atoms. The Morgan fingerprint density at radius 3 is 2.58 bits per heavy atom. The fourth-order valence-electron chi connectivity index (χ4n) is 3.49. The van der Waals surface area contributed by atoms with Crippen molar-refractivity contribution in [2.75, 3.05) is 12.0 Å². The van der Waals surface area contributed by atoms with E-state index in [1.165, 1.54) is 31.3 Å². The minimum atomic E-state index is -2.91. The maximum Gasteiger partial charge on any atom is 0.150 e. The number of rotatable bonds is 4. The van der Waals surface area contributed by atoms with Gasteiger partial charge in [0.1, 0.15) is 9.84 Å². The second kappa shape index (κ2) is 6.78. The molecule has 4 nitrogen and oxygen atoms in total. The van der Waals surface area contributed by atoms with Crippen LogP contribution in [0.3, 0.4) is 0 Å². The molecule has 19 heavy (non-hydrogen) atoms. The molecule has 0 amide bonds. The average Bonchev–Trinajstić information content (AvgIpc) is 2.40. The quantitative estimate of drug-likeness (QED) is 0.611. The van der Waals surface area contributed by atoms with E-state index in [9.17, 15) is 8.42 Å². The Morgan fingerprint density at radius 1 is 1.21 bits per heavy atom. The van der Waals surface area contributed by atoms with Crippen LogP contribution in [-0.4, -0.2) is 37.0 Å². The van der Waals surface area contributed by atoms with Gasteiger partial charge in [-0.15, -0.1) is 0 Å². The van der Waals surface area contributed by atoms with Crippen LogP contribution in [0.25, 0.3) is 0 Å². The zero-order valence-corrected chi connectivity index (χ0v) is 13.3. The summed E-state index contributed by atoms with van der Waals surface area (Å²) in [6.45, 7) is 0. The van der Waals surface area contributed by atoms with Crippen LogP contribution in [-0.2, 0) is 9.84 Å². The lowest BCUT2D eigenvalue weighted by atomic mass is 9.81. The minimum absolute atomic E-state index is 0.157. The second-order valence-electron chi connectivity index (χ2n) is 5.98. The predicted octanol–water partition coefficient (Wildman–Crippen LogP) is 1.71. The summed E-state index contributed by atoms with van der Waals surface area (Å²) in [4.78, 5) is 0. The standard InChI is InChI=1S/C13H26N2O2S2/c1-19(16,17)11-6-4-5-10(9-11)13(15-14)12-7-2-3-8-18-12/h10-13,15H,2-9,14H2,1H3. The van der Waals surface area contributed by atoms with Crippen LogP contribution in [0.5, 0.6) is 0 Å². The highest BCUT2D eigenvalue weighted by Crippen LogP contribution is 2.37. The lowest BCUT2D eigenvalue weighted by Crippen LogP contribution is -2.50. The Labute approximate surface area is 121 Å². The van der Waals surface area contributed by atoms with Crippen LogP contribution < -0.4 is 11.3 Å².